The fraction of sp³-hybridized carbons (Fsp3) is 0.190. The lowest BCUT2D eigenvalue weighted by molar-refractivity contribution is 0.0947. The smallest absolute Gasteiger partial charge is 0.251 e. The van der Waals surface area contributed by atoms with Gasteiger partial charge in [-0.3, -0.25) is 4.79 Å². The molecule has 1 amide bonds. The highest BCUT2D eigenvalue weighted by Crippen LogP contribution is 2.25. The Hall–Kier alpha value is -3.10. The molecule has 0 aliphatic carbocycles. The Labute approximate surface area is 169 Å². The second kappa shape index (κ2) is 9.40. The van der Waals surface area contributed by atoms with Gasteiger partial charge in [0.1, 0.15) is 16.4 Å². The fourth-order valence-corrected chi connectivity index (χ4v) is 3.99. The van der Waals surface area contributed by atoms with Crippen LogP contribution in [0.3, 0.4) is 0 Å². The summed E-state index contributed by atoms with van der Waals surface area (Å²) in [4.78, 5) is 12.3. The molecule has 0 atom stereocenters. The summed E-state index contributed by atoms with van der Waals surface area (Å²) in [7, 11) is -2.48. The van der Waals surface area contributed by atoms with Crippen LogP contribution in [-0.2, 0) is 23.0 Å². The van der Waals surface area contributed by atoms with Crippen LogP contribution < -0.4 is 14.8 Å². The van der Waals surface area contributed by atoms with E-state index in [-0.39, 0.29) is 29.3 Å². The van der Waals surface area contributed by atoms with Crippen molar-refractivity contribution in [2.24, 2.45) is 0 Å². The molecule has 0 spiro atoms. The van der Waals surface area contributed by atoms with E-state index in [1.165, 1.54) is 31.6 Å². The molecule has 0 radical (unpaired) electrons. The molecule has 0 saturated carbocycles. The SMILES string of the molecule is COc1ccc(C(=O)NCc2ccco2)cc1S(=O)(=O)NCCc1ccccc1. The standard InChI is InChI=1S/C21H22N2O5S/c1-27-19-10-9-17(21(24)22-15-18-8-5-13-28-18)14-20(19)29(25,26)23-12-11-16-6-3-2-4-7-16/h2-10,13-14,23H,11-12,15H2,1H3,(H,22,24). The molecular formula is C21H22N2O5S. The molecule has 3 rings (SSSR count). The molecule has 3 aromatic rings. The predicted octanol–water partition coefficient (Wildman–Crippen LogP) is 2.74. The van der Waals surface area contributed by atoms with E-state index >= 15 is 0 Å². The number of carbonyl (C=O) groups excluding carboxylic acids is 1. The maximum atomic E-state index is 12.8. The average Bonchev–Trinajstić information content (AvgIpc) is 3.26. The summed E-state index contributed by atoms with van der Waals surface area (Å²) in [6.45, 7) is 0.430. The zero-order chi connectivity index (χ0) is 20.7. The number of furan rings is 1. The Morgan fingerprint density at radius 1 is 1.07 bits per heavy atom. The van der Waals surface area contributed by atoms with Gasteiger partial charge in [-0.2, -0.15) is 0 Å². The van der Waals surface area contributed by atoms with Crippen molar-refractivity contribution in [3.8, 4) is 5.75 Å². The predicted molar refractivity (Wildman–Crippen MR) is 108 cm³/mol. The summed E-state index contributed by atoms with van der Waals surface area (Å²) in [6, 6.07) is 17.3. The summed E-state index contributed by atoms with van der Waals surface area (Å²) < 4.78 is 38.5. The van der Waals surface area contributed by atoms with Gasteiger partial charge in [-0.15, -0.1) is 0 Å². The van der Waals surface area contributed by atoms with Crippen LogP contribution in [0, 0.1) is 0 Å². The Kier molecular flexibility index (Phi) is 6.69. The quantitative estimate of drug-likeness (QED) is 0.561. The molecule has 7 nitrogen and oxygen atoms in total. The van der Waals surface area contributed by atoms with Gasteiger partial charge in [0.2, 0.25) is 10.0 Å². The molecule has 1 aromatic heterocycles. The molecule has 0 saturated heterocycles. The largest absolute Gasteiger partial charge is 0.495 e. The highest BCUT2D eigenvalue weighted by Gasteiger charge is 2.21. The van der Waals surface area contributed by atoms with Crippen LogP contribution in [0.5, 0.6) is 5.75 Å². The highest BCUT2D eigenvalue weighted by molar-refractivity contribution is 7.89. The first-order valence-corrected chi connectivity index (χ1v) is 10.5. The molecule has 1 heterocycles. The molecule has 0 unspecified atom stereocenters. The average molecular weight is 414 g/mol. The summed E-state index contributed by atoms with van der Waals surface area (Å²) in [5, 5.41) is 2.69. The zero-order valence-corrected chi connectivity index (χ0v) is 16.7. The summed E-state index contributed by atoms with van der Waals surface area (Å²) in [5.41, 5.74) is 1.23. The van der Waals surface area contributed by atoms with E-state index in [1.54, 1.807) is 12.1 Å². The highest BCUT2D eigenvalue weighted by atomic mass is 32.2. The normalized spacial score (nSPS) is 11.2. The van der Waals surface area contributed by atoms with E-state index in [2.05, 4.69) is 10.0 Å². The van der Waals surface area contributed by atoms with Crippen molar-refractivity contribution in [2.75, 3.05) is 13.7 Å². The molecule has 8 heteroatoms. The Morgan fingerprint density at radius 2 is 1.86 bits per heavy atom. The summed E-state index contributed by atoms with van der Waals surface area (Å²) in [6.07, 6.45) is 2.06. The number of sulfonamides is 1. The maximum Gasteiger partial charge on any atom is 0.251 e. The molecule has 0 aliphatic heterocycles. The van der Waals surface area contributed by atoms with Gasteiger partial charge >= 0.3 is 0 Å². The lowest BCUT2D eigenvalue weighted by Crippen LogP contribution is -2.27. The first kappa shape index (κ1) is 20.6. The van der Waals surface area contributed by atoms with Crippen molar-refractivity contribution >= 4 is 15.9 Å². The van der Waals surface area contributed by atoms with Gasteiger partial charge in [0.15, 0.2) is 0 Å². The Balaban J connectivity index is 1.72. The third-order valence-electron chi connectivity index (χ3n) is 4.27. The molecule has 29 heavy (non-hydrogen) atoms. The van der Waals surface area contributed by atoms with Crippen molar-refractivity contribution in [2.45, 2.75) is 17.9 Å². The van der Waals surface area contributed by atoms with Crippen LogP contribution in [-0.4, -0.2) is 28.0 Å². The van der Waals surface area contributed by atoms with Crippen LogP contribution in [0.25, 0.3) is 0 Å². The number of methoxy groups -OCH3 is 1. The molecule has 0 bridgehead atoms. The Morgan fingerprint density at radius 3 is 2.55 bits per heavy atom. The lowest BCUT2D eigenvalue weighted by Gasteiger charge is -2.12. The van der Waals surface area contributed by atoms with E-state index in [0.29, 0.717) is 12.2 Å². The van der Waals surface area contributed by atoms with Gasteiger partial charge in [0.25, 0.3) is 5.91 Å². The summed E-state index contributed by atoms with van der Waals surface area (Å²) >= 11 is 0. The molecule has 0 aliphatic rings. The number of nitrogens with one attached hydrogen (secondary N) is 2. The first-order chi connectivity index (χ1) is 14.0. The number of hydrogen-bond donors (Lipinski definition) is 2. The molecular weight excluding hydrogens is 392 g/mol. The van der Waals surface area contributed by atoms with E-state index in [1.807, 2.05) is 30.3 Å². The van der Waals surface area contributed by atoms with Gasteiger partial charge in [0, 0.05) is 12.1 Å². The number of hydrogen-bond acceptors (Lipinski definition) is 5. The first-order valence-electron chi connectivity index (χ1n) is 9.02. The second-order valence-corrected chi connectivity index (χ2v) is 8.00. The monoisotopic (exact) mass is 414 g/mol. The fourth-order valence-electron chi connectivity index (χ4n) is 2.76. The number of benzene rings is 2. The van der Waals surface area contributed by atoms with Crippen LogP contribution in [0.2, 0.25) is 0 Å². The number of carbonyl (C=O) groups is 1. The van der Waals surface area contributed by atoms with Crippen molar-refractivity contribution in [1.82, 2.24) is 10.0 Å². The van der Waals surface area contributed by atoms with Gasteiger partial charge in [-0.1, -0.05) is 30.3 Å². The van der Waals surface area contributed by atoms with E-state index in [9.17, 15) is 13.2 Å². The van der Waals surface area contributed by atoms with Gasteiger partial charge in [-0.25, -0.2) is 13.1 Å². The molecule has 152 valence electrons. The van der Waals surface area contributed by atoms with E-state index < -0.39 is 15.9 Å². The minimum atomic E-state index is -3.86. The lowest BCUT2D eigenvalue weighted by atomic mass is 10.2. The number of amides is 1. The van der Waals surface area contributed by atoms with Crippen molar-refractivity contribution in [3.63, 3.8) is 0 Å². The summed E-state index contributed by atoms with van der Waals surface area (Å²) in [5.74, 6) is 0.354. The van der Waals surface area contributed by atoms with E-state index in [0.717, 1.165) is 5.56 Å². The van der Waals surface area contributed by atoms with Crippen molar-refractivity contribution in [1.29, 1.82) is 0 Å². The third-order valence-corrected chi connectivity index (χ3v) is 5.75. The third kappa shape index (κ3) is 5.46. The van der Waals surface area contributed by atoms with Gasteiger partial charge in [-0.05, 0) is 42.3 Å². The topological polar surface area (TPSA) is 97.6 Å². The zero-order valence-electron chi connectivity index (χ0n) is 15.9. The minimum Gasteiger partial charge on any atom is -0.495 e. The van der Waals surface area contributed by atoms with Crippen LogP contribution in [0.1, 0.15) is 21.7 Å². The van der Waals surface area contributed by atoms with Crippen molar-refractivity contribution < 1.29 is 22.4 Å². The number of rotatable bonds is 9. The van der Waals surface area contributed by atoms with Gasteiger partial charge < -0.3 is 14.5 Å². The molecule has 2 aromatic carbocycles. The van der Waals surface area contributed by atoms with E-state index in [4.69, 9.17) is 9.15 Å². The van der Waals surface area contributed by atoms with Crippen LogP contribution in [0.15, 0.2) is 76.2 Å². The van der Waals surface area contributed by atoms with Crippen molar-refractivity contribution in [3.05, 3.63) is 83.8 Å². The molecule has 2 N–H and O–H groups in total. The minimum absolute atomic E-state index is 0.0845. The molecule has 0 fully saturated rings. The number of ether oxygens (including phenoxy) is 1. The van der Waals surface area contributed by atoms with Crippen LogP contribution >= 0.6 is 0 Å². The Bertz CT molecular complexity index is 1050. The second-order valence-electron chi connectivity index (χ2n) is 6.26. The maximum absolute atomic E-state index is 12.8. The van der Waals surface area contributed by atoms with Crippen LogP contribution in [0.4, 0.5) is 0 Å². The van der Waals surface area contributed by atoms with Gasteiger partial charge in [0.05, 0.1) is 19.9 Å².